The standard InChI is InChI=1S/C18H23F3N6O2S2/c1-2-3-4-5-8-27-9-6-7-13-10-14(23-25-17-24-22-12-30-17)15(11-16(13)27)26-31(28,29)18(19,20)21/h10-12,26H,2-9H2,1H3/b25-23+. The molecule has 0 bridgehead atoms. The maximum Gasteiger partial charge on any atom is 0.516 e. The first-order valence-corrected chi connectivity index (χ1v) is 12.3. The normalized spacial score (nSPS) is 14.8. The van der Waals surface area contributed by atoms with Gasteiger partial charge in [-0.25, -0.2) is 0 Å². The highest BCUT2D eigenvalue weighted by molar-refractivity contribution is 7.93. The summed E-state index contributed by atoms with van der Waals surface area (Å²) in [5, 5.41) is 15.4. The van der Waals surface area contributed by atoms with Gasteiger partial charge in [-0.3, -0.25) is 4.72 Å². The van der Waals surface area contributed by atoms with Crippen LogP contribution in [0.15, 0.2) is 27.9 Å². The second kappa shape index (κ2) is 9.90. The molecular formula is C18H23F3N6O2S2. The van der Waals surface area contributed by atoms with Gasteiger partial charge in [0.2, 0.25) is 0 Å². The lowest BCUT2D eigenvalue weighted by atomic mass is 9.99. The van der Waals surface area contributed by atoms with Crippen molar-refractivity contribution in [2.75, 3.05) is 22.7 Å². The minimum absolute atomic E-state index is 0.00499. The SMILES string of the molecule is CCCCCCN1CCCc2cc(/N=N/c3nncs3)c(NS(=O)(=O)C(F)(F)F)cc21. The molecule has 1 aromatic heterocycles. The van der Waals surface area contributed by atoms with Gasteiger partial charge in [-0.05, 0) is 37.0 Å². The summed E-state index contributed by atoms with van der Waals surface area (Å²) in [5.41, 5.74) is -2.68. The molecule has 0 saturated heterocycles. The number of halogens is 3. The molecule has 0 spiro atoms. The first-order valence-electron chi connectivity index (χ1n) is 9.90. The smallest absolute Gasteiger partial charge is 0.371 e. The monoisotopic (exact) mass is 476 g/mol. The van der Waals surface area contributed by atoms with Gasteiger partial charge < -0.3 is 4.90 Å². The summed E-state index contributed by atoms with van der Waals surface area (Å²) < 4.78 is 64.1. The number of unbranched alkanes of at least 4 members (excludes halogenated alkanes) is 3. The van der Waals surface area contributed by atoms with Crippen molar-refractivity contribution in [2.24, 2.45) is 10.2 Å². The number of rotatable bonds is 9. The van der Waals surface area contributed by atoms with Crippen LogP contribution in [0.1, 0.15) is 44.6 Å². The first-order chi connectivity index (χ1) is 14.7. The number of anilines is 2. The van der Waals surface area contributed by atoms with Crippen LogP contribution >= 0.6 is 11.3 Å². The zero-order valence-electron chi connectivity index (χ0n) is 16.9. The molecule has 13 heteroatoms. The Bertz CT molecular complexity index is 1010. The minimum atomic E-state index is -5.61. The van der Waals surface area contributed by atoms with Gasteiger partial charge in [0.15, 0.2) is 0 Å². The van der Waals surface area contributed by atoms with Crippen molar-refractivity contribution in [2.45, 2.75) is 51.0 Å². The minimum Gasteiger partial charge on any atom is -0.371 e. The molecule has 2 aromatic rings. The highest BCUT2D eigenvalue weighted by Gasteiger charge is 2.46. The lowest BCUT2D eigenvalue weighted by Crippen LogP contribution is -2.32. The zero-order chi connectivity index (χ0) is 22.5. The van der Waals surface area contributed by atoms with E-state index in [2.05, 4.69) is 32.2 Å². The number of benzene rings is 1. The van der Waals surface area contributed by atoms with E-state index in [0.717, 1.165) is 67.8 Å². The number of fused-ring (bicyclic) bond motifs is 1. The maximum atomic E-state index is 13.0. The molecule has 1 aliphatic heterocycles. The van der Waals surface area contributed by atoms with Crippen molar-refractivity contribution in [3.05, 3.63) is 23.2 Å². The average Bonchev–Trinajstić information content (AvgIpc) is 3.22. The zero-order valence-corrected chi connectivity index (χ0v) is 18.5. The number of nitrogens with one attached hydrogen (secondary N) is 1. The molecule has 0 aliphatic carbocycles. The number of hydrogen-bond acceptors (Lipinski definition) is 8. The Morgan fingerprint density at radius 3 is 2.71 bits per heavy atom. The number of sulfonamides is 1. The quantitative estimate of drug-likeness (QED) is 0.378. The highest BCUT2D eigenvalue weighted by Crippen LogP contribution is 2.39. The van der Waals surface area contributed by atoms with Gasteiger partial charge in [-0.2, -0.15) is 21.6 Å². The predicted octanol–water partition coefficient (Wildman–Crippen LogP) is 5.55. The predicted molar refractivity (Wildman–Crippen MR) is 114 cm³/mol. The van der Waals surface area contributed by atoms with Crippen LogP contribution in [0.2, 0.25) is 0 Å². The van der Waals surface area contributed by atoms with Crippen molar-refractivity contribution in [1.29, 1.82) is 0 Å². The van der Waals surface area contributed by atoms with E-state index >= 15 is 0 Å². The topological polar surface area (TPSA) is 99.9 Å². The summed E-state index contributed by atoms with van der Waals surface area (Å²) >= 11 is 1.10. The summed E-state index contributed by atoms with van der Waals surface area (Å²) in [6.07, 6.45) is 5.83. The van der Waals surface area contributed by atoms with Gasteiger partial charge in [0.25, 0.3) is 5.13 Å². The van der Waals surface area contributed by atoms with Crippen molar-refractivity contribution >= 4 is 43.6 Å². The number of nitrogens with zero attached hydrogens (tertiary/aromatic N) is 5. The molecule has 170 valence electrons. The summed E-state index contributed by atoms with van der Waals surface area (Å²) in [6, 6.07) is 3.01. The molecule has 0 unspecified atom stereocenters. The molecule has 1 aliphatic rings. The molecule has 3 rings (SSSR count). The van der Waals surface area contributed by atoms with E-state index in [1.165, 1.54) is 11.6 Å². The number of azo groups is 1. The van der Waals surface area contributed by atoms with Gasteiger partial charge in [0.05, 0.1) is 5.69 Å². The van der Waals surface area contributed by atoms with E-state index in [4.69, 9.17) is 0 Å². The number of aromatic nitrogens is 2. The Balaban J connectivity index is 1.96. The van der Waals surface area contributed by atoms with Crippen LogP contribution in [0.25, 0.3) is 0 Å². The fourth-order valence-corrected chi connectivity index (χ4v) is 4.27. The molecule has 0 atom stereocenters. The first kappa shape index (κ1) is 23.4. The molecule has 1 aromatic carbocycles. The summed E-state index contributed by atoms with van der Waals surface area (Å²) in [4.78, 5) is 2.09. The highest BCUT2D eigenvalue weighted by atomic mass is 32.2. The van der Waals surface area contributed by atoms with E-state index in [9.17, 15) is 21.6 Å². The van der Waals surface area contributed by atoms with Crippen LogP contribution in [0.5, 0.6) is 0 Å². The lowest BCUT2D eigenvalue weighted by Gasteiger charge is -2.32. The summed E-state index contributed by atoms with van der Waals surface area (Å²) in [5.74, 6) is 0. The fourth-order valence-electron chi connectivity index (χ4n) is 3.33. The van der Waals surface area contributed by atoms with Gasteiger partial charge in [-0.15, -0.1) is 20.4 Å². The second-order valence-corrected chi connectivity index (χ2v) is 9.61. The van der Waals surface area contributed by atoms with Crippen LogP contribution in [0.3, 0.4) is 0 Å². The van der Waals surface area contributed by atoms with Crippen LogP contribution < -0.4 is 9.62 Å². The summed E-state index contributed by atoms with van der Waals surface area (Å²) in [6.45, 7) is 3.63. The number of hydrogen-bond donors (Lipinski definition) is 1. The summed E-state index contributed by atoms with van der Waals surface area (Å²) in [7, 11) is -5.61. The molecule has 2 heterocycles. The Kier molecular flexibility index (Phi) is 7.46. The third-order valence-corrected chi connectivity index (χ3v) is 6.51. The fraction of sp³-hybridized carbons (Fsp3) is 0.556. The van der Waals surface area contributed by atoms with Gasteiger partial charge in [0, 0.05) is 18.8 Å². The third-order valence-electron chi connectivity index (χ3n) is 4.83. The Hall–Kier alpha value is -2.28. The van der Waals surface area contributed by atoms with Crippen molar-refractivity contribution < 1.29 is 21.6 Å². The van der Waals surface area contributed by atoms with Gasteiger partial charge in [-0.1, -0.05) is 37.5 Å². The molecule has 0 saturated carbocycles. The van der Waals surface area contributed by atoms with Crippen LogP contribution in [-0.2, 0) is 16.4 Å². The van der Waals surface area contributed by atoms with Crippen LogP contribution in [0.4, 0.5) is 35.4 Å². The maximum absolute atomic E-state index is 13.0. The van der Waals surface area contributed by atoms with Crippen molar-refractivity contribution in [3.8, 4) is 0 Å². The van der Waals surface area contributed by atoms with E-state index in [1.807, 2.05) is 0 Å². The van der Waals surface area contributed by atoms with Crippen LogP contribution in [0, 0.1) is 0 Å². The lowest BCUT2D eigenvalue weighted by molar-refractivity contribution is -0.0429. The van der Waals surface area contributed by atoms with Crippen LogP contribution in [-0.4, -0.2) is 37.2 Å². The average molecular weight is 477 g/mol. The number of aryl methyl sites for hydroxylation is 1. The van der Waals surface area contributed by atoms with E-state index in [0.29, 0.717) is 6.42 Å². The molecule has 31 heavy (non-hydrogen) atoms. The molecule has 8 nitrogen and oxygen atoms in total. The van der Waals surface area contributed by atoms with E-state index in [-0.39, 0.29) is 16.5 Å². The largest absolute Gasteiger partial charge is 0.516 e. The molecule has 1 N–H and O–H groups in total. The Morgan fingerprint density at radius 2 is 2.03 bits per heavy atom. The van der Waals surface area contributed by atoms with E-state index in [1.54, 1.807) is 10.8 Å². The van der Waals surface area contributed by atoms with Gasteiger partial charge in [0.1, 0.15) is 11.2 Å². The van der Waals surface area contributed by atoms with E-state index < -0.39 is 15.5 Å². The van der Waals surface area contributed by atoms with Crippen molar-refractivity contribution in [1.82, 2.24) is 10.2 Å². The molecule has 0 amide bonds. The Morgan fingerprint density at radius 1 is 1.23 bits per heavy atom. The number of alkyl halides is 3. The third kappa shape index (κ3) is 5.91. The molecular weight excluding hydrogens is 453 g/mol. The second-order valence-electron chi connectivity index (χ2n) is 7.12. The van der Waals surface area contributed by atoms with Crippen molar-refractivity contribution in [3.63, 3.8) is 0 Å². The molecule has 0 radical (unpaired) electrons. The Labute approximate surface area is 182 Å². The molecule has 0 fully saturated rings. The van der Waals surface area contributed by atoms with Gasteiger partial charge >= 0.3 is 15.5 Å².